The van der Waals surface area contributed by atoms with Crippen LogP contribution in [0.3, 0.4) is 0 Å². The minimum atomic E-state index is -0.404. The van der Waals surface area contributed by atoms with E-state index in [4.69, 9.17) is 30.5 Å². The van der Waals surface area contributed by atoms with Gasteiger partial charge in [-0.05, 0) is 86.4 Å². The summed E-state index contributed by atoms with van der Waals surface area (Å²) in [4.78, 5) is 27.5. The van der Waals surface area contributed by atoms with Crippen molar-refractivity contribution in [1.29, 1.82) is 0 Å². The van der Waals surface area contributed by atoms with E-state index in [0.717, 1.165) is 28.1 Å². The Kier molecular flexibility index (Phi) is 7.84. The monoisotopic (exact) mass is 651 g/mol. The van der Waals surface area contributed by atoms with E-state index in [9.17, 15) is 9.59 Å². The molecule has 1 saturated heterocycles. The van der Waals surface area contributed by atoms with E-state index in [1.54, 1.807) is 24.3 Å². The van der Waals surface area contributed by atoms with E-state index in [1.165, 1.54) is 4.90 Å². The lowest BCUT2D eigenvalue weighted by atomic mass is 10.1. The predicted octanol–water partition coefficient (Wildman–Crippen LogP) is 8.20. The lowest BCUT2D eigenvalue weighted by molar-refractivity contribution is -0.123. The zero-order valence-corrected chi connectivity index (χ0v) is 25.0. The third kappa shape index (κ3) is 5.62. The molecule has 2 aliphatic heterocycles. The molecule has 4 aromatic rings. The molecule has 208 valence electrons. The first kappa shape index (κ1) is 27.5. The molecule has 6 rings (SSSR count). The number of hydrogen-bond donors (Lipinski definition) is 0. The molecule has 0 bridgehead atoms. The largest absolute Gasteiger partial charge is 0.490 e. The third-order valence-electron chi connectivity index (χ3n) is 6.63. The van der Waals surface area contributed by atoms with Crippen molar-refractivity contribution in [1.82, 2.24) is 4.90 Å². The molecule has 0 radical (unpaired) electrons. The maximum Gasteiger partial charge on any atom is 0.293 e. The molecule has 0 atom stereocenters. The summed E-state index contributed by atoms with van der Waals surface area (Å²) in [7, 11) is 0. The highest BCUT2D eigenvalue weighted by Gasteiger charge is 2.36. The number of ether oxygens (including phenoxy) is 4. The van der Waals surface area contributed by atoms with Crippen LogP contribution in [0.5, 0.6) is 23.0 Å². The maximum absolute atomic E-state index is 13.2. The number of rotatable bonds is 8. The van der Waals surface area contributed by atoms with Gasteiger partial charge >= 0.3 is 0 Å². The number of carbonyl (C=O) groups excluding carboxylic acids is 2. The smallest absolute Gasteiger partial charge is 0.293 e. The molecule has 0 saturated carbocycles. The summed E-state index contributed by atoms with van der Waals surface area (Å²) in [6, 6.07) is 21.2. The topological polar surface area (TPSA) is 74.3 Å². The number of carbonyl (C=O) groups is 2. The Morgan fingerprint density at radius 1 is 1.00 bits per heavy atom. The van der Waals surface area contributed by atoms with Gasteiger partial charge in [-0.3, -0.25) is 14.5 Å². The Hall–Kier alpha value is -3.66. The van der Waals surface area contributed by atoms with E-state index in [-0.39, 0.29) is 18.6 Å². The highest BCUT2D eigenvalue weighted by atomic mass is 79.9. The van der Waals surface area contributed by atoms with Crippen molar-refractivity contribution < 1.29 is 28.5 Å². The van der Waals surface area contributed by atoms with Crippen LogP contribution in [-0.2, 0) is 17.9 Å². The highest BCUT2D eigenvalue weighted by Crippen LogP contribution is 2.42. The first-order chi connectivity index (χ1) is 19.9. The third-order valence-corrected chi connectivity index (χ3v) is 8.47. The first-order valence-corrected chi connectivity index (χ1v) is 14.8. The normalized spacial score (nSPS) is 15.3. The number of nitrogens with zero attached hydrogens (tertiary/aromatic N) is 1. The average Bonchev–Trinajstić information content (AvgIpc) is 3.51. The second-order valence-corrected chi connectivity index (χ2v) is 11.5. The number of imide groups is 1. The molecule has 4 aromatic carbocycles. The molecule has 0 unspecified atom stereocenters. The van der Waals surface area contributed by atoms with E-state index in [2.05, 4.69) is 34.1 Å². The molecule has 0 aromatic heterocycles. The van der Waals surface area contributed by atoms with Crippen molar-refractivity contribution in [3.8, 4) is 23.0 Å². The van der Waals surface area contributed by atoms with Gasteiger partial charge in [0.1, 0.15) is 6.61 Å². The quantitative estimate of drug-likeness (QED) is 0.178. The summed E-state index contributed by atoms with van der Waals surface area (Å²) in [6.45, 7) is 2.79. The molecule has 10 heteroatoms. The number of fused-ring (bicyclic) bond motifs is 2. The summed E-state index contributed by atoms with van der Waals surface area (Å²) in [6.07, 6.45) is 1.67. The molecule has 41 heavy (non-hydrogen) atoms. The molecule has 2 aliphatic rings. The van der Waals surface area contributed by atoms with Gasteiger partial charge in [0.25, 0.3) is 11.1 Å². The van der Waals surface area contributed by atoms with Gasteiger partial charge in [-0.25, -0.2) is 0 Å². The second kappa shape index (κ2) is 11.7. The van der Waals surface area contributed by atoms with Crippen LogP contribution in [0.2, 0.25) is 5.02 Å². The van der Waals surface area contributed by atoms with Gasteiger partial charge in [-0.15, -0.1) is 0 Å². The lowest BCUT2D eigenvalue weighted by Crippen LogP contribution is -2.27. The summed E-state index contributed by atoms with van der Waals surface area (Å²) >= 11 is 10.9. The minimum absolute atomic E-state index is 0.0202. The van der Waals surface area contributed by atoms with Gasteiger partial charge in [-0.2, -0.15) is 0 Å². The zero-order valence-electron chi connectivity index (χ0n) is 21.8. The second-order valence-electron chi connectivity index (χ2n) is 9.25. The van der Waals surface area contributed by atoms with E-state index in [1.807, 2.05) is 37.3 Å². The van der Waals surface area contributed by atoms with Crippen LogP contribution in [0.15, 0.2) is 76.1 Å². The zero-order chi connectivity index (χ0) is 28.5. The van der Waals surface area contributed by atoms with Crippen molar-refractivity contribution in [3.63, 3.8) is 0 Å². The number of halogens is 2. The molecular formula is C31H23BrClNO6S. The van der Waals surface area contributed by atoms with Gasteiger partial charge in [-0.1, -0.05) is 54.1 Å². The molecule has 2 amide bonds. The van der Waals surface area contributed by atoms with E-state index >= 15 is 0 Å². The van der Waals surface area contributed by atoms with Crippen molar-refractivity contribution in [3.05, 3.63) is 97.8 Å². The van der Waals surface area contributed by atoms with Gasteiger partial charge < -0.3 is 18.9 Å². The Balaban J connectivity index is 1.23. The van der Waals surface area contributed by atoms with Crippen LogP contribution < -0.4 is 18.9 Å². The summed E-state index contributed by atoms with van der Waals surface area (Å²) < 4.78 is 23.6. The van der Waals surface area contributed by atoms with E-state index < -0.39 is 5.91 Å². The molecule has 1 fully saturated rings. The standard InChI is InChI=1S/C31H23BrClNO6S/c1-2-37-27-11-18(10-23(32)29(27)38-16-20-8-5-7-19-6-3-4-9-22(19)20)12-28-30(35)34(31(36)41-28)15-21-13-25-26(14-24(21)33)40-17-39-25/h3-14H,2,15-17H2,1H3/b28-12+. The van der Waals surface area contributed by atoms with Gasteiger partial charge in [0.2, 0.25) is 6.79 Å². The SMILES string of the molecule is CCOc1cc(/C=C2/SC(=O)N(Cc3cc4c(cc3Cl)OCO4)C2=O)cc(Br)c1OCc1cccc2ccccc12. The summed E-state index contributed by atoms with van der Waals surface area (Å²) in [5, 5.41) is 2.28. The Labute approximate surface area is 254 Å². The number of amides is 2. The van der Waals surface area contributed by atoms with Gasteiger partial charge in [0, 0.05) is 11.1 Å². The minimum Gasteiger partial charge on any atom is -0.490 e. The summed E-state index contributed by atoms with van der Waals surface area (Å²) in [5.74, 6) is 1.75. The molecule has 0 aliphatic carbocycles. The van der Waals surface area contributed by atoms with Crippen LogP contribution in [0.1, 0.15) is 23.6 Å². The number of hydrogen-bond acceptors (Lipinski definition) is 7. The number of thioether (sulfide) groups is 1. The maximum atomic E-state index is 13.2. The highest BCUT2D eigenvalue weighted by molar-refractivity contribution is 9.10. The van der Waals surface area contributed by atoms with Gasteiger partial charge in [0.15, 0.2) is 23.0 Å². The fourth-order valence-electron chi connectivity index (χ4n) is 4.68. The van der Waals surface area contributed by atoms with Crippen molar-refractivity contribution >= 4 is 67.3 Å². The fraction of sp³-hybridized carbons (Fsp3) is 0.161. The van der Waals surface area contributed by atoms with Crippen LogP contribution in [0, 0.1) is 0 Å². The van der Waals surface area contributed by atoms with Crippen LogP contribution in [0.4, 0.5) is 4.79 Å². The van der Waals surface area contributed by atoms with Gasteiger partial charge in [0.05, 0.1) is 22.5 Å². The van der Waals surface area contributed by atoms with Crippen LogP contribution in [0.25, 0.3) is 16.8 Å². The lowest BCUT2D eigenvalue weighted by Gasteiger charge is -2.16. The van der Waals surface area contributed by atoms with E-state index in [0.29, 0.717) is 61.7 Å². The molecule has 0 spiro atoms. The van der Waals surface area contributed by atoms with Crippen molar-refractivity contribution in [2.45, 2.75) is 20.1 Å². The van der Waals surface area contributed by atoms with Crippen molar-refractivity contribution in [2.75, 3.05) is 13.4 Å². The first-order valence-electron chi connectivity index (χ1n) is 12.8. The molecule has 7 nitrogen and oxygen atoms in total. The van der Waals surface area contributed by atoms with Crippen LogP contribution >= 0.6 is 39.3 Å². The Morgan fingerprint density at radius 3 is 2.61 bits per heavy atom. The molecule has 2 heterocycles. The molecule has 0 N–H and O–H groups in total. The van der Waals surface area contributed by atoms with Crippen LogP contribution in [-0.4, -0.2) is 29.4 Å². The summed E-state index contributed by atoms with van der Waals surface area (Å²) in [5.41, 5.74) is 2.33. The molecular weight excluding hydrogens is 630 g/mol. The average molecular weight is 653 g/mol. The fourth-order valence-corrected chi connectivity index (χ4v) is 6.31. The Morgan fingerprint density at radius 2 is 1.78 bits per heavy atom. The van der Waals surface area contributed by atoms with Crippen molar-refractivity contribution in [2.24, 2.45) is 0 Å². The predicted molar refractivity (Wildman–Crippen MR) is 163 cm³/mol. The Bertz CT molecular complexity index is 1720. The number of benzene rings is 4.